The van der Waals surface area contributed by atoms with Gasteiger partial charge in [-0.05, 0) is 66.0 Å². The molecule has 0 saturated carbocycles. The lowest BCUT2D eigenvalue weighted by molar-refractivity contribution is -0.121. The normalized spacial score (nSPS) is 16.8. The van der Waals surface area contributed by atoms with Crippen LogP contribution in [0.5, 0.6) is 0 Å². The first-order chi connectivity index (χ1) is 11.1. The van der Waals surface area contributed by atoms with Crippen molar-refractivity contribution in [2.45, 2.75) is 19.3 Å². The Morgan fingerprint density at radius 3 is 2.83 bits per heavy atom. The first-order valence-electron chi connectivity index (χ1n) is 7.77. The Bertz CT molecular complexity index is 568. The molecule has 1 atom stereocenters. The third-order valence-corrected chi connectivity index (χ3v) is 4.49. The molecule has 24 heavy (non-hydrogen) atoms. The summed E-state index contributed by atoms with van der Waals surface area (Å²) in [5, 5.41) is 8.82. The monoisotopic (exact) mass is 421 g/mol. The average molecular weight is 423 g/mol. The van der Waals surface area contributed by atoms with Gasteiger partial charge in [-0.25, -0.2) is 4.39 Å². The fraction of sp³-hybridized carbons (Fsp3) is 0.500. The Morgan fingerprint density at radius 2 is 2.12 bits per heavy atom. The fourth-order valence-corrected chi connectivity index (χ4v) is 2.93. The number of hydrogen-bond donors (Lipinski definition) is 3. The molecule has 8 heteroatoms. The van der Waals surface area contributed by atoms with Crippen LogP contribution in [0.1, 0.15) is 29.6 Å². The van der Waals surface area contributed by atoms with E-state index in [-0.39, 0.29) is 36.8 Å². The zero-order valence-corrected chi connectivity index (χ0v) is 15.6. The fourth-order valence-electron chi connectivity index (χ4n) is 2.50. The summed E-state index contributed by atoms with van der Waals surface area (Å²) in [5.74, 6) is -0.488. The van der Waals surface area contributed by atoms with Crippen LogP contribution in [0, 0.1) is 11.7 Å². The summed E-state index contributed by atoms with van der Waals surface area (Å²) in [6.45, 7) is 2.86. The Hall–Kier alpha value is -1.18. The Kier molecular flexibility index (Phi) is 9.25. The van der Waals surface area contributed by atoms with Crippen molar-refractivity contribution in [1.29, 1.82) is 0 Å². The lowest BCUT2D eigenvalue weighted by Gasteiger charge is -2.22. The van der Waals surface area contributed by atoms with Crippen molar-refractivity contribution in [3.8, 4) is 0 Å². The van der Waals surface area contributed by atoms with Gasteiger partial charge < -0.3 is 16.0 Å². The Morgan fingerprint density at radius 1 is 1.33 bits per heavy atom. The first kappa shape index (κ1) is 20.9. The summed E-state index contributed by atoms with van der Waals surface area (Å²) < 4.78 is 13.7. The predicted molar refractivity (Wildman–Crippen MR) is 96.9 cm³/mol. The van der Waals surface area contributed by atoms with Gasteiger partial charge in [0.1, 0.15) is 5.82 Å². The van der Waals surface area contributed by atoms with Gasteiger partial charge in [0.25, 0.3) is 5.91 Å². The van der Waals surface area contributed by atoms with Gasteiger partial charge in [-0.1, -0.05) is 0 Å². The number of carbonyl (C=O) groups is 2. The summed E-state index contributed by atoms with van der Waals surface area (Å²) >= 11 is 3.21. The van der Waals surface area contributed by atoms with E-state index in [4.69, 9.17) is 0 Å². The quantitative estimate of drug-likeness (QED) is 0.658. The summed E-state index contributed by atoms with van der Waals surface area (Å²) in [4.78, 5) is 23.7. The highest BCUT2D eigenvalue weighted by molar-refractivity contribution is 9.10. The molecule has 2 rings (SSSR count). The molecule has 0 aromatic heterocycles. The van der Waals surface area contributed by atoms with Gasteiger partial charge in [-0.3, -0.25) is 9.59 Å². The molecule has 5 nitrogen and oxygen atoms in total. The second-order valence-corrected chi connectivity index (χ2v) is 6.50. The van der Waals surface area contributed by atoms with E-state index in [1.54, 1.807) is 0 Å². The average Bonchev–Trinajstić information content (AvgIpc) is 2.56. The summed E-state index contributed by atoms with van der Waals surface area (Å²) in [5.41, 5.74) is 0.221. The molecular weight excluding hydrogens is 401 g/mol. The second kappa shape index (κ2) is 10.6. The molecule has 1 fully saturated rings. The van der Waals surface area contributed by atoms with Gasteiger partial charge in [-0.2, -0.15) is 0 Å². The number of hydrogen-bond acceptors (Lipinski definition) is 3. The first-order valence-corrected chi connectivity index (χ1v) is 8.56. The van der Waals surface area contributed by atoms with Crippen molar-refractivity contribution in [2.75, 3.05) is 26.2 Å². The van der Waals surface area contributed by atoms with Crippen LogP contribution in [-0.4, -0.2) is 38.0 Å². The van der Waals surface area contributed by atoms with Crippen molar-refractivity contribution in [3.05, 3.63) is 34.1 Å². The predicted octanol–water partition coefficient (Wildman–Crippen LogP) is 2.25. The molecule has 1 aliphatic rings. The van der Waals surface area contributed by atoms with Gasteiger partial charge in [0.2, 0.25) is 5.91 Å². The maximum atomic E-state index is 13.2. The van der Waals surface area contributed by atoms with Crippen LogP contribution in [0.25, 0.3) is 0 Å². The van der Waals surface area contributed by atoms with Gasteiger partial charge in [0.15, 0.2) is 0 Å². The van der Waals surface area contributed by atoms with Crippen molar-refractivity contribution in [2.24, 2.45) is 5.92 Å². The van der Waals surface area contributed by atoms with Crippen molar-refractivity contribution < 1.29 is 14.0 Å². The summed E-state index contributed by atoms with van der Waals surface area (Å²) in [6.07, 6.45) is 2.47. The molecule has 134 valence electrons. The number of carbonyl (C=O) groups excluding carboxylic acids is 2. The third-order valence-electron chi connectivity index (χ3n) is 3.80. The molecule has 2 amide bonds. The van der Waals surface area contributed by atoms with Gasteiger partial charge in [-0.15, -0.1) is 12.4 Å². The van der Waals surface area contributed by atoms with E-state index >= 15 is 0 Å². The number of piperidine rings is 1. The molecule has 1 unspecified atom stereocenters. The third kappa shape index (κ3) is 6.75. The molecule has 1 aromatic carbocycles. The maximum Gasteiger partial charge on any atom is 0.252 e. The zero-order valence-electron chi connectivity index (χ0n) is 13.2. The molecule has 0 aliphatic carbocycles. The standard InChI is InChI=1S/C16H21BrFN3O2.ClH/c17-14-4-3-12(18)8-13(14)16(23)20-7-5-15(22)21-10-11-2-1-6-19-9-11;/h3-4,8,11,19H,1-2,5-7,9-10H2,(H,20,23)(H,21,22);1H. The minimum atomic E-state index is -0.475. The van der Waals surface area contributed by atoms with Gasteiger partial charge >= 0.3 is 0 Å². The molecule has 0 spiro atoms. The molecule has 0 bridgehead atoms. The van der Waals surface area contributed by atoms with Crippen molar-refractivity contribution in [1.82, 2.24) is 16.0 Å². The van der Waals surface area contributed by atoms with Gasteiger partial charge in [0.05, 0.1) is 5.56 Å². The van der Waals surface area contributed by atoms with E-state index in [0.717, 1.165) is 32.0 Å². The lowest BCUT2D eigenvalue weighted by Crippen LogP contribution is -2.39. The van der Waals surface area contributed by atoms with E-state index in [2.05, 4.69) is 31.9 Å². The Balaban J connectivity index is 0.00000288. The molecular formula is C16H22BrClFN3O2. The highest BCUT2D eigenvalue weighted by Gasteiger charge is 2.14. The molecule has 0 radical (unpaired) electrons. The number of nitrogens with one attached hydrogen (secondary N) is 3. The minimum absolute atomic E-state index is 0. The maximum absolute atomic E-state index is 13.2. The summed E-state index contributed by atoms with van der Waals surface area (Å²) in [7, 11) is 0. The number of rotatable bonds is 6. The highest BCUT2D eigenvalue weighted by Crippen LogP contribution is 2.17. The van der Waals surface area contributed by atoms with Crippen LogP contribution in [0.4, 0.5) is 4.39 Å². The smallest absolute Gasteiger partial charge is 0.252 e. The van der Waals surface area contributed by atoms with Crippen molar-refractivity contribution >= 4 is 40.2 Å². The highest BCUT2D eigenvalue weighted by atomic mass is 79.9. The molecule has 1 aromatic rings. The number of halogens is 3. The minimum Gasteiger partial charge on any atom is -0.356 e. The van der Waals surface area contributed by atoms with Crippen LogP contribution in [0.3, 0.4) is 0 Å². The lowest BCUT2D eigenvalue weighted by atomic mass is 10.00. The summed E-state index contributed by atoms with van der Waals surface area (Å²) in [6, 6.07) is 3.92. The van der Waals surface area contributed by atoms with Crippen LogP contribution < -0.4 is 16.0 Å². The largest absolute Gasteiger partial charge is 0.356 e. The molecule has 1 heterocycles. The number of amides is 2. The molecule has 1 saturated heterocycles. The van der Waals surface area contributed by atoms with Crippen LogP contribution >= 0.6 is 28.3 Å². The van der Waals surface area contributed by atoms with E-state index in [0.29, 0.717) is 16.9 Å². The number of benzene rings is 1. The van der Waals surface area contributed by atoms with E-state index in [9.17, 15) is 14.0 Å². The molecule has 1 aliphatic heterocycles. The van der Waals surface area contributed by atoms with E-state index in [1.807, 2.05) is 0 Å². The SMILES string of the molecule is Cl.O=C(CCNC(=O)c1cc(F)ccc1Br)NCC1CCCNC1. The second-order valence-electron chi connectivity index (χ2n) is 5.65. The topological polar surface area (TPSA) is 70.2 Å². The van der Waals surface area contributed by atoms with Crippen LogP contribution in [0.15, 0.2) is 22.7 Å². The zero-order chi connectivity index (χ0) is 16.7. The Labute approximate surface area is 155 Å². The van der Waals surface area contributed by atoms with Crippen LogP contribution in [0.2, 0.25) is 0 Å². The van der Waals surface area contributed by atoms with Crippen LogP contribution in [-0.2, 0) is 4.79 Å². The molecule has 3 N–H and O–H groups in total. The van der Waals surface area contributed by atoms with E-state index < -0.39 is 11.7 Å². The van der Waals surface area contributed by atoms with E-state index in [1.165, 1.54) is 12.1 Å². The van der Waals surface area contributed by atoms with Gasteiger partial charge in [0, 0.05) is 24.0 Å². The van der Waals surface area contributed by atoms with Crippen molar-refractivity contribution in [3.63, 3.8) is 0 Å².